The van der Waals surface area contributed by atoms with Gasteiger partial charge in [-0.05, 0) is 41.3 Å². The molecule has 0 amide bonds. The normalized spacial score (nSPS) is 11.4. The molecule has 2 N–H and O–H groups in total. The molecular formula is C17H19NO4S. The highest BCUT2D eigenvalue weighted by Gasteiger charge is 2.14. The summed E-state index contributed by atoms with van der Waals surface area (Å²) in [7, 11) is -3.66. The maximum absolute atomic E-state index is 12.3. The van der Waals surface area contributed by atoms with E-state index < -0.39 is 16.0 Å². The van der Waals surface area contributed by atoms with Crippen LogP contribution in [0.5, 0.6) is 0 Å². The SMILES string of the molecule is CC(C)c1ccc(S(=O)(=O)Nc2ccc(CC(=O)O)cc2)cc1. The molecule has 6 heteroatoms. The van der Waals surface area contributed by atoms with E-state index in [1.165, 1.54) is 0 Å². The zero-order valence-electron chi connectivity index (χ0n) is 13.0. The number of benzene rings is 2. The van der Waals surface area contributed by atoms with Gasteiger partial charge in [-0.2, -0.15) is 0 Å². The summed E-state index contributed by atoms with van der Waals surface area (Å²) in [5.74, 6) is -0.593. The maximum Gasteiger partial charge on any atom is 0.307 e. The standard InChI is InChI=1S/C17H19NO4S/c1-12(2)14-5-9-16(10-6-14)23(21,22)18-15-7-3-13(4-8-15)11-17(19)20/h3-10,12,18H,11H2,1-2H3,(H,19,20). The Kier molecular flexibility index (Phi) is 5.05. The lowest BCUT2D eigenvalue weighted by Gasteiger charge is -2.10. The van der Waals surface area contributed by atoms with Gasteiger partial charge in [0.2, 0.25) is 0 Å². The van der Waals surface area contributed by atoms with Gasteiger partial charge in [0.05, 0.1) is 11.3 Å². The van der Waals surface area contributed by atoms with Crippen LogP contribution in [-0.4, -0.2) is 19.5 Å². The number of sulfonamides is 1. The van der Waals surface area contributed by atoms with Gasteiger partial charge < -0.3 is 5.11 Å². The summed E-state index contributed by atoms with van der Waals surface area (Å²) >= 11 is 0. The molecule has 0 aliphatic carbocycles. The van der Waals surface area contributed by atoms with E-state index in [0.29, 0.717) is 17.2 Å². The molecule has 0 saturated heterocycles. The summed E-state index contributed by atoms with van der Waals surface area (Å²) in [5, 5.41) is 8.72. The van der Waals surface area contributed by atoms with Crippen molar-refractivity contribution in [3.05, 3.63) is 59.7 Å². The number of carboxylic acids is 1. The van der Waals surface area contributed by atoms with E-state index >= 15 is 0 Å². The van der Waals surface area contributed by atoms with Crippen molar-refractivity contribution in [2.75, 3.05) is 4.72 Å². The van der Waals surface area contributed by atoms with E-state index in [-0.39, 0.29) is 11.3 Å². The Balaban J connectivity index is 2.15. The lowest BCUT2D eigenvalue weighted by molar-refractivity contribution is -0.136. The van der Waals surface area contributed by atoms with Gasteiger partial charge in [0.25, 0.3) is 10.0 Å². The molecular weight excluding hydrogens is 314 g/mol. The third-order valence-corrected chi connectivity index (χ3v) is 4.82. The van der Waals surface area contributed by atoms with Crippen LogP contribution in [-0.2, 0) is 21.2 Å². The summed E-state index contributed by atoms with van der Waals surface area (Å²) in [6, 6.07) is 13.1. The molecule has 0 radical (unpaired) electrons. The van der Waals surface area contributed by atoms with Gasteiger partial charge in [0.1, 0.15) is 0 Å². The summed E-state index contributed by atoms with van der Waals surface area (Å²) in [5.41, 5.74) is 2.08. The molecule has 0 heterocycles. The van der Waals surface area contributed by atoms with Crippen molar-refractivity contribution < 1.29 is 18.3 Å². The number of rotatable bonds is 6. The second kappa shape index (κ2) is 6.83. The van der Waals surface area contributed by atoms with Crippen LogP contribution in [0, 0.1) is 0 Å². The maximum atomic E-state index is 12.3. The average Bonchev–Trinajstić information content (AvgIpc) is 2.48. The largest absolute Gasteiger partial charge is 0.481 e. The topological polar surface area (TPSA) is 83.5 Å². The fraction of sp³-hybridized carbons (Fsp3) is 0.235. The Labute approximate surface area is 136 Å². The average molecular weight is 333 g/mol. The molecule has 5 nitrogen and oxygen atoms in total. The van der Waals surface area contributed by atoms with Gasteiger partial charge >= 0.3 is 5.97 Å². The molecule has 0 aromatic heterocycles. The van der Waals surface area contributed by atoms with Gasteiger partial charge in [0.15, 0.2) is 0 Å². The van der Waals surface area contributed by atoms with E-state index in [4.69, 9.17) is 5.11 Å². The Morgan fingerprint density at radius 2 is 1.61 bits per heavy atom. The number of carbonyl (C=O) groups is 1. The molecule has 0 atom stereocenters. The number of carboxylic acid groups (broad SMARTS) is 1. The third-order valence-electron chi connectivity index (χ3n) is 3.42. The van der Waals surface area contributed by atoms with E-state index in [2.05, 4.69) is 4.72 Å². The highest BCUT2D eigenvalue weighted by Crippen LogP contribution is 2.20. The molecule has 2 aromatic rings. The second-order valence-electron chi connectivity index (χ2n) is 5.60. The van der Waals surface area contributed by atoms with Crippen molar-refractivity contribution in [1.82, 2.24) is 0 Å². The quantitative estimate of drug-likeness (QED) is 0.850. The summed E-state index contributed by atoms with van der Waals surface area (Å²) in [4.78, 5) is 10.8. The first kappa shape index (κ1) is 17.0. The first-order valence-corrected chi connectivity index (χ1v) is 8.70. The Bertz CT molecular complexity index is 778. The van der Waals surface area contributed by atoms with Gasteiger partial charge in [-0.3, -0.25) is 9.52 Å². The van der Waals surface area contributed by atoms with Crippen LogP contribution >= 0.6 is 0 Å². The number of aliphatic carboxylic acids is 1. The van der Waals surface area contributed by atoms with Crippen LogP contribution in [0.3, 0.4) is 0 Å². The van der Waals surface area contributed by atoms with E-state index in [9.17, 15) is 13.2 Å². The predicted molar refractivity (Wildman–Crippen MR) is 89.1 cm³/mol. The minimum atomic E-state index is -3.66. The molecule has 0 unspecified atom stereocenters. The molecule has 2 aromatic carbocycles. The zero-order valence-corrected chi connectivity index (χ0v) is 13.8. The number of hydrogen-bond acceptors (Lipinski definition) is 3. The monoisotopic (exact) mass is 333 g/mol. The van der Waals surface area contributed by atoms with Crippen molar-refractivity contribution in [2.24, 2.45) is 0 Å². The summed E-state index contributed by atoms with van der Waals surface area (Å²) in [6.07, 6.45) is -0.0936. The van der Waals surface area contributed by atoms with E-state index in [1.54, 1.807) is 48.5 Å². The molecule has 0 aliphatic rings. The third kappa shape index (κ3) is 4.56. The van der Waals surface area contributed by atoms with Crippen molar-refractivity contribution in [3.8, 4) is 0 Å². The van der Waals surface area contributed by atoms with Gasteiger partial charge in [-0.15, -0.1) is 0 Å². The van der Waals surface area contributed by atoms with Gasteiger partial charge in [-0.1, -0.05) is 38.1 Å². The molecule has 0 fully saturated rings. The molecule has 2 rings (SSSR count). The lowest BCUT2D eigenvalue weighted by Crippen LogP contribution is -2.13. The molecule has 122 valence electrons. The van der Waals surface area contributed by atoms with Crippen LogP contribution in [0.15, 0.2) is 53.4 Å². The zero-order chi connectivity index (χ0) is 17.0. The van der Waals surface area contributed by atoms with Crippen LogP contribution in [0.2, 0.25) is 0 Å². The number of hydrogen-bond donors (Lipinski definition) is 2. The first-order chi connectivity index (χ1) is 10.8. The Hall–Kier alpha value is -2.34. The van der Waals surface area contributed by atoms with Crippen molar-refractivity contribution in [1.29, 1.82) is 0 Å². The summed E-state index contributed by atoms with van der Waals surface area (Å²) in [6.45, 7) is 4.08. The Morgan fingerprint density at radius 3 is 2.09 bits per heavy atom. The van der Waals surface area contributed by atoms with Crippen LogP contribution in [0.25, 0.3) is 0 Å². The highest BCUT2D eigenvalue weighted by molar-refractivity contribution is 7.92. The highest BCUT2D eigenvalue weighted by atomic mass is 32.2. The minimum Gasteiger partial charge on any atom is -0.481 e. The van der Waals surface area contributed by atoms with Crippen molar-refractivity contribution in [2.45, 2.75) is 31.1 Å². The Morgan fingerprint density at radius 1 is 1.04 bits per heavy atom. The second-order valence-corrected chi connectivity index (χ2v) is 7.28. The fourth-order valence-corrected chi connectivity index (χ4v) is 3.17. The van der Waals surface area contributed by atoms with E-state index in [0.717, 1.165) is 5.56 Å². The van der Waals surface area contributed by atoms with Crippen LogP contribution < -0.4 is 4.72 Å². The molecule has 0 bridgehead atoms. The predicted octanol–water partition coefficient (Wildman–Crippen LogP) is 3.24. The summed E-state index contributed by atoms with van der Waals surface area (Å²) < 4.78 is 27.2. The number of nitrogens with one attached hydrogen (secondary N) is 1. The molecule has 23 heavy (non-hydrogen) atoms. The number of anilines is 1. The van der Waals surface area contributed by atoms with Crippen LogP contribution in [0.1, 0.15) is 30.9 Å². The fourth-order valence-electron chi connectivity index (χ4n) is 2.11. The van der Waals surface area contributed by atoms with Crippen molar-refractivity contribution >= 4 is 21.7 Å². The molecule has 0 aliphatic heterocycles. The minimum absolute atomic E-state index is 0.0936. The first-order valence-electron chi connectivity index (χ1n) is 7.21. The molecule has 0 saturated carbocycles. The van der Waals surface area contributed by atoms with Crippen molar-refractivity contribution in [3.63, 3.8) is 0 Å². The smallest absolute Gasteiger partial charge is 0.307 e. The lowest BCUT2D eigenvalue weighted by atomic mass is 10.0. The van der Waals surface area contributed by atoms with Gasteiger partial charge in [0, 0.05) is 5.69 Å². The van der Waals surface area contributed by atoms with Crippen LogP contribution in [0.4, 0.5) is 5.69 Å². The van der Waals surface area contributed by atoms with E-state index in [1.807, 2.05) is 13.8 Å². The van der Waals surface area contributed by atoms with Gasteiger partial charge in [-0.25, -0.2) is 8.42 Å². The molecule has 0 spiro atoms.